The molecule has 7 nitrogen and oxygen atoms in total. The quantitative estimate of drug-likeness (QED) is 0.562. The van der Waals surface area contributed by atoms with E-state index in [0.29, 0.717) is 23.6 Å². The molecule has 1 aliphatic rings. The highest BCUT2D eigenvalue weighted by atomic mass is 19.1. The monoisotopic (exact) mass is 368 g/mol. The van der Waals surface area contributed by atoms with Crippen LogP contribution in [0.2, 0.25) is 0 Å². The van der Waals surface area contributed by atoms with Crippen molar-refractivity contribution in [2.24, 2.45) is 0 Å². The minimum Gasteiger partial charge on any atom is -0.396 e. The van der Waals surface area contributed by atoms with Gasteiger partial charge in [-0.25, -0.2) is 13.8 Å². The van der Waals surface area contributed by atoms with Crippen LogP contribution in [0.3, 0.4) is 0 Å². The first-order valence-corrected chi connectivity index (χ1v) is 8.36. The van der Waals surface area contributed by atoms with Gasteiger partial charge in [0.15, 0.2) is 12.0 Å². The normalized spacial score (nSPS) is 16.6. The Morgan fingerprint density at radius 3 is 2.81 bits per heavy atom. The van der Waals surface area contributed by atoms with E-state index in [0.717, 1.165) is 18.0 Å². The summed E-state index contributed by atoms with van der Waals surface area (Å²) < 4.78 is 35.5. The van der Waals surface area contributed by atoms with E-state index in [9.17, 15) is 8.78 Å². The van der Waals surface area contributed by atoms with Crippen LogP contribution in [0.4, 0.5) is 14.5 Å². The summed E-state index contributed by atoms with van der Waals surface area (Å²) in [5, 5.41) is 8.63. The zero-order valence-electron chi connectivity index (χ0n) is 14.0. The largest absolute Gasteiger partial charge is 0.396 e. The number of hydrogen-bond acceptors (Lipinski definition) is 5. The van der Waals surface area contributed by atoms with Gasteiger partial charge in [-0.3, -0.25) is 0 Å². The van der Waals surface area contributed by atoms with Gasteiger partial charge in [-0.2, -0.15) is 9.90 Å². The van der Waals surface area contributed by atoms with E-state index in [1.165, 1.54) is 10.9 Å². The number of rotatable bonds is 3. The fourth-order valence-corrected chi connectivity index (χ4v) is 3.11. The molecule has 1 fully saturated rings. The van der Waals surface area contributed by atoms with Crippen LogP contribution >= 0.6 is 0 Å². The molecule has 0 aliphatic carbocycles. The molecule has 0 amide bonds. The van der Waals surface area contributed by atoms with Gasteiger partial charge in [-0.05, 0) is 18.2 Å². The average Bonchev–Trinajstić information content (AvgIpc) is 3.23. The van der Waals surface area contributed by atoms with Crippen LogP contribution in [0.25, 0.3) is 28.0 Å². The lowest BCUT2D eigenvalue weighted by atomic mass is 10.0. The SMILES string of the molecule is Nc1ccc(F)c(-c2ccc3c(-c4cnn(C5CCO5)n4)ncn3c2)c1F. The first kappa shape index (κ1) is 15.9. The van der Waals surface area contributed by atoms with Crippen molar-refractivity contribution >= 4 is 11.2 Å². The Hall–Kier alpha value is -3.33. The Kier molecular flexibility index (Phi) is 3.44. The average molecular weight is 368 g/mol. The van der Waals surface area contributed by atoms with E-state index in [1.54, 1.807) is 35.3 Å². The minimum absolute atomic E-state index is 0.104. The molecule has 2 N–H and O–H groups in total. The molecule has 0 radical (unpaired) electrons. The van der Waals surface area contributed by atoms with Crippen LogP contribution in [-0.4, -0.2) is 31.0 Å². The summed E-state index contributed by atoms with van der Waals surface area (Å²) in [5.74, 6) is -1.46. The fraction of sp³-hybridized carbons (Fsp3) is 0.167. The van der Waals surface area contributed by atoms with Gasteiger partial charge in [0.1, 0.15) is 23.5 Å². The van der Waals surface area contributed by atoms with E-state index >= 15 is 0 Å². The summed E-state index contributed by atoms with van der Waals surface area (Å²) in [6.07, 6.45) is 5.53. The number of pyridine rings is 1. The number of nitrogens with two attached hydrogens (primary N) is 1. The molecule has 1 aliphatic heterocycles. The van der Waals surface area contributed by atoms with Crippen molar-refractivity contribution in [3.05, 3.63) is 54.6 Å². The van der Waals surface area contributed by atoms with Crippen LogP contribution < -0.4 is 5.73 Å². The van der Waals surface area contributed by atoms with Gasteiger partial charge >= 0.3 is 0 Å². The highest BCUT2D eigenvalue weighted by molar-refractivity contribution is 5.77. The highest BCUT2D eigenvalue weighted by Gasteiger charge is 2.23. The smallest absolute Gasteiger partial charge is 0.171 e. The van der Waals surface area contributed by atoms with Crippen LogP contribution in [-0.2, 0) is 4.74 Å². The number of halogens is 2. The molecule has 4 aromatic rings. The number of nitrogen functional groups attached to an aromatic ring is 1. The Balaban J connectivity index is 1.57. The Labute approximate surface area is 152 Å². The maximum Gasteiger partial charge on any atom is 0.171 e. The second kappa shape index (κ2) is 5.85. The molecule has 1 atom stereocenters. The molecule has 1 unspecified atom stereocenters. The standard InChI is InChI=1S/C18H14F2N6O/c19-11-2-3-12(21)17(20)16(11)10-1-4-14-18(22-9-25(14)8-10)13-7-23-26(24-13)15-5-6-27-15/h1-4,7-9,15H,5-6,21H2. The number of ether oxygens (including phenoxy) is 1. The van der Waals surface area contributed by atoms with Gasteiger partial charge in [0, 0.05) is 18.2 Å². The van der Waals surface area contributed by atoms with Crippen molar-refractivity contribution in [3.63, 3.8) is 0 Å². The fourth-order valence-electron chi connectivity index (χ4n) is 3.11. The van der Waals surface area contributed by atoms with Crippen molar-refractivity contribution in [2.75, 3.05) is 12.3 Å². The molecule has 27 heavy (non-hydrogen) atoms. The molecule has 0 saturated carbocycles. The zero-order valence-corrected chi connectivity index (χ0v) is 14.0. The summed E-state index contributed by atoms with van der Waals surface area (Å²) in [7, 11) is 0. The molecular weight excluding hydrogens is 354 g/mol. The third-order valence-electron chi connectivity index (χ3n) is 4.62. The number of aromatic nitrogens is 5. The summed E-state index contributed by atoms with van der Waals surface area (Å²) in [6, 6.07) is 5.72. The maximum atomic E-state index is 14.3. The maximum absolute atomic E-state index is 14.3. The van der Waals surface area contributed by atoms with Gasteiger partial charge in [-0.1, -0.05) is 6.07 Å². The third-order valence-corrected chi connectivity index (χ3v) is 4.62. The Bertz CT molecular complexity index is 1160. The summed E-state index contributed by atoms with van der Waals surface area (Å²) in [5.41, 5.74) is 7.63. The number of imidazole rings is 1. The molecular formula is C18H14F2N6O. The Morgan fingerprint density at radius 1 is 1.19 bits per heavy atom. The van der Waals surface area contributed by atoms with Crippen molar-refractivity contribution in [1.29, 1.82) is 0 Å². The highest BCUT2D eigenvalue weighted by Crippen LogP contribution is 2.31. The molecule has 136 valence electrons. The minimum atomic E-state index is -0.780. The van der Waals surface area contributed by atoms with E-state index in [2.05, 4.69) is 15.2 Å². The zero-order chi connectivity index (χ0) is 18.5. The molecule has 5 rings (SSSR count). The van der Waals surface area contributed by atoms with Gasteiger partial charge in [0.2, 0.25) is 0 Å². The molecule has 0 bridgehead atoms. The predicted octanol–water partition coefficient (Wildman–Crippen LogP) is 3.04. The van der Waals surface area contributed by atoms with Gasteiger partial charge in [0.25, 0.3) is 0 Å². The topological polar surface area (TPSA) is 83.3 Å². The lowest BCUT2D eigenvalue weighted by Gasteiger charge is -2.24. The number of hydrogen-bond donors (Lipinski definition) is 1. The van der Waals surface area contributed by atoms with E-state index in [1.807, 2.05) is 0 Å². The first-order valence-electron chi connectivity index (χ1n) is 8.36. The lowest BCUT2D eigenvalue weighted by Crippen LogP contribution is -2.26. The molecule has 9 heteroatoms. The van der Waals surface area contributed by atoms with Gasteiger partial charge < -0.3 is 14.9 Å². The number of benzene rings is 1. The lowest BCUT2D eigenvalue weighted by molar-refractivity contribution is -0.114. The van der Waals surface area contributed by atoms with Crippen LogP contribution in [0.1, 0.15) is 12.6 Å². The van der Waals surface area contributed by atoms with Gasteiger partial charge in [0.05, 0.1) is 29.6 Å². The number of nitrogens with zero attached hydrogens (tertiary/aromatic N) is 5. The van der Waals surface area contributed by atoms with Crippen molar-refractivity contribution < 1.29 is 13.5 Å². The van der Waals surface area contributed by atoms with Gasteiger partial charge in [-0.15, -0.1) is 5.10 Å². The number of fused-ring (bicyclic) bond motifs is 1. The van der Waals surface area contributed by atoms with E-state index in [-0.39, 0.29) is 17.5 Å². The van der Waals surface area contributed by atoms with Crippen molar-refractivity contribution in [2.45, 2.75) is 12.6 Å². The first-order chi connectivity index (χ1) is 13.1. The van der Waals surface area contributed by atoms with Crippen molar-refractivity contribution in [1.82, 2.24) is 24.4 Å². The molecule has 0 spiro atoms. The second-order valence-corrected chi connectivity index (χ2v) is 6.29. The van der Waals surface area contributed by atoms with E-state index in [4.69, 9.17) is 10.5 Å². The van der Waals surface area contributed by atoms with Crippen LogP contribution in [0, 0.1) is 11.6 Å². The molecule has 1 aromatic carbocycles. The Morgan fingerprint density at radius 2 is 2.04 bits per heavy atom. The second-order valence-electron chi connectivity index (χ2n) is 6.29. The third kappa shape index (κ3) is 2.47. The number of anilines is 1. The van der Waals surface area contributed by atoms with Crippen LogP contribution in [0.5, 0.6) is 0 Å². The molecule has 1 saturated heterocycles. The van der Waals surface area contributed by atoms with Crippen LogP contribution in [0.15, 0.2) is 43.0 Å². The molecule has 3 aromatic heterocycles. The predicted molar refractivity (Wildman–Crippen MR) is 93.6 cm³/mol. The summed E-state index contributed by atoms with van der Waals surface area (Å²) in [6.45, 7) is 0.703. The summed E-state index contributed by atoms with van der Waals surface area (Å²) >= 11 is 0. The molecule has 4 heterocycles. The van der Waals surface area contributed by atoms with Crippen molar-refractivity contribution in [3.8, 4) is 22.5 Å². The summed E-state index contributed by atoms with van der Waals surface area (Å²) in [4.78, 5) is 5.90. The van der Waals surface area contributed by atoms with E-state index < -0.39 is 11.6 Å².